The van der Waals surface area contributed by atoms with Gasteiger partial charge in [-0.25, -0.2) is 4.98 Å². The lowest BCUT2D eigenvalue weighted by molar-refractivity contribution is -0.139. The molecule has 3 rings (SSSR count). The monoisotopic (exact) mass is 334 g/mol. The molecule has 0 radical (unpaired) electrons. The summed E-state index contributed by atoms with van der Waals surface area (Å²) >= 11 is 0. The lowest BCUT2D eigenvalue weighted by atomic mass is 9.73. The number of piperidine rings is 2. The van der Waals surface area contributed by atoms with E-state index in [1.807, 2.05) is 16.7 Å². The van der Waals surface area contributed by atoms with Gasteiger partial charge in [0.15, 0.2) is 5.82 Å². The number of nitrogens with one attached hydrogen (secondary N) is 1. The van der Waals surface area contributed by atoms with E-state index < -0.39 is 0 Å². The number of nitrogens with zero attached hydrogens (tertiary/aromatic N) is 3. The highest BCUT2D eigenvalue weighted by Crippen LogP contribution is 2.39. The molecule has 2 fully saturated rings. The fourth-order valence-corrected chi connectivity index (χ4v) is 3.89. The molecule has 2 aliphatic rings. The van der Waals surface area contributed by atoms with Crippen LogP contribution in [0.1, 0.15) is 42.0 Å². The van der Waals surface area contributed by atoms with E-state index in [1.54, 1.807) is 13.3 Å². The van der Waals surface area contributed by atoms with E-state index in [0.717, 1.165) is 38.0 Å². The first-order chi connectivity index (χ1) is 11.5. The van der Waals surface area contributed by atoms with Gasteiger partial charge in [0.05, 0.1) is 6.61 Å². The largest absolute Gasteiger partial charge is 0.383 e. The van der Waals surface area contributed by atoms with E-state index >= 15 is 0 Å². The van der Waals surface area contributed by atoms with Crippen LogP contribution in [0.25, 0.3) is 0 Å². The van der Waals surface area contributed by atoms with Crippen LogP contribution in [0.3, 0.4) is 0 Å². The lowest BCUT2D eigenvalue weighted by Gasteiger charge is -2.48. The Bertz CT molecular complexity index is 615. The van der Waals surface area contributed by atoms with Crippen LogP contribution in [0.2, 0.25) is 0 Å². The molecule has 132 valence electrons. The number of H-pyrrole nitrogens is 1. The smallest absolute Gasteiger partial charge is 0.289 e. The molecule has 7 nitrogen and oxygen atoms in total. The van der Waals surface area contributed by atoms with Crippen LogP contribution >= 0.6 is 0 Å². The van der Waals surface area contributed by atoms with Crippen LogP contribution in [0.15, 0.2) is 6.20 Å². The van der Waals surface area contributed by atoms with Crippen LogP contribution in [-0.4, -0.2) is 71.5 Å². The van der Waals surface area contributed by atoms with Gasteiger partial charge in [-0.1, -0.05) is 0 Å². The second kappa shape index (κ2) is 6.93. The first-order valence-electron chi connectivity index (χ1n) is 8.61. The summed E-state index contributed by atoms with van der Waals surface area (Å²) in [5, 5.41) is 0. The molecule has 1 spiro atoms. The van der Waals surface area contributed by atoms with Gasteiger partial charge in [0, 0.05) is 57.0 Å². The number of hydrogen-bond acceptors (Lipinski definition) is 4. The molecular weight excluding hydrogens is 308 g/mol. The van der Waals surface area contributed by atoms with Gasteiger partial charge in [0.1, 0.15) is 0 Å². The SMILES string of the molecule is COCCN1CC2(CCCN(C(=O)c3ncc(C)[nH]3)C2)CCC1=O. The van der Waals surface area contributed by atoms with Gasteiger partial charge < -0.3 is 19.5 Å². The van der Waals surface area contributed by atoms with E-state index in [0.29, 0.717) is 31.9 Å². The maximum Gasteiger partial charge on any atom is 0.289 e. The fourth-order valence-electron chi connectivity index (χ4n) is 3.89. The number of ether oxygens (including phenoxy) is 1. The zero-order chi connectivity index (χ0) is 17.2. The first kappa shape index (κ1) is 17.0. The quantitative estimate of drug-likeness (QED) is 0.898. The molecule has 2 amide bonds. The Morgan fingerprint density at radius 2 is 2.25 bits per heavy atom. The highest BCUT2D eigenvalue weighted by molar-refractivity contribution is 5.90. The van der Waals surface area contributed by atoms with Crippen LogP contribution in [0.4, 0.5) is 0 Å². The van der Waals surface area contributed by atoms with Crippen LogP contribution in [0, 0.1) is 12.3 Å². The number of rotatable bonds is 4. The van der Waals surface area contributed by atoms with E-state index in [2.05, 4.69) is 9.97 Å². The minimum absolute atomic E-state index is 0.0111. The Balaban J connectivity index is 1.69. The van der Waals surface area contributed by atoms with Crippen molar-refractivity contribution >= 4 is 11.8 Å². The molecule has 1 N–H and O–H groups in total. The Labute approximate surface area is 142 Å². The van der Waals surface area contributed by atoms with Gasteiger partial charge in [-0.3, -0.25) is 9.59 Å². The topological polar surface area (TPSA) is 78.5 Å². The summed E-state index contributed by atoms with van der Waals surface area (Å²) in [5.74, 6) is 0.568. The van der Waals surface area contributed by atoms with Crippen molar-refractivity contribution in [3.8, 4) is 0 Å². The van der Waals surface area contributed by atoms with Gasteiger partial charge in [0.25, 0.3) is 5.91 Å². The molecule has 0 saturated carbocycles. The van der Waals surface area contributed by atoms with Crippen molar-refractivity contribution in [2.45, 2.75) is 32.6 Å². The minimum atomic E-state index is -0.0393. The van der Waals surface area contributed by atoms with Crippen molar-refractivity contribution in [1.82, 2.24) is 19.8 Å². The highest BCUT2D eigenvalue weighted by atomic mass is 16.5. The van der Waals surface area contributed by atoms with Crippen LogP contribution in [-0.2, 0) is 9.53 Å². The second-order valence-electron chi connectivity index (χ2n) is 7.05. The van der Waals surface area contributed by atoms with Crippen molar-refractivity contribution in [3.05, 3.63) is 17.7 Å². The predicted molar refractivity (Wildman–Crippen MR) is 88.6 cm³/mol. The molecule has 7 heteroatoms. The number of aromatic nitrogens is 2. The third kappa shape index (κ3) is 3.45. The Kier molecular flexibility index (Phi) is 4.89. The number of aromatic amines is 1. The number of carbonyl (C=O) groups excluding carboxylic acids is 2. The summed E-state index contributed by atoms with van der Waals surface area (Å²) in [6.07, 6.45) is 5.13. The highest BCUT2D eigenvalue weighted by Gasteiger charge is 2.42. The first-order valence-corrected chi connectivity index (χ1v) is 8.61. The second-order valence-corrected chi connectivity index (χ2v) is 7.05. The number of hydrogen-bond donors (Lipinski definition) is 1. The van der Waals surface area contributed by atoms with Crippen molar-refractivity contribution in [3.63, 3.8) is 0 Å². The van der Waals surface area contributed by atoms with Crippen molar-refractivity contribution in [2.24, 2.45) is 5.41 Å². The molecule has 3 heterocycles. The predicted octanol–water partition coefficient (Wildman–Crippen LogP) is 1.21. The zero-order valence-corrected chi connectivity index (χ0v) is 14.5. The van der Waals surface area contributed by atoms with E-state index in [-0.39, 0.29) is 17.2 Å². The number of likely N-dealkylation sites (tertiary alicyclic amines) is 2. The molecule has 0 aliphatic carbocycles. The Hall–Kier alpha value is -1.89. The lowest BCUT2D eigenvalue weighted by Crippen LogP contribution is -2.55. The maximum absolute atomic E-state index is 12.7. The molecule has 0 bridgehead atoms. The molecule has 1 unspecified atom stereocenters. The maximum atomic E-state index is 12.7. The fraction of sp³-hybridized carbons (Fsp3) is 0.706. The Morgan fingerprint density at radius 1 is 1.42 bits per heavy atom. The molecule has 2 aliphatic heterocycles. The van der Waals surface area contributed by atoms with Gasteiger partial charge in [0.2, 0.25) is 5.91 Å². The molecule has 0 aromatic carbocycles. The number of aryl methyl sites for hydroxylation is 1. The number of imidazole rings is 1. The minimum Gasteiger partial charge on any atom is -0.383 e. The van der Waals surface area contributed by atoms with Crippen molar-refractivity contribution in [1.29, 1.82) is 0 Å². The van der Waals surface area contributed by atoms with E-state index in [9.17, 15) is 9.59 Å². The molecule has 1 atom stereocenters. The Morgan fingerprint density at radius 3 is 2.96 bits per heavy atom. The van der Waals surface area contributed by atoms with Crippen LogP contribution < -0.4 is 0 Å². The third-order valence-electron chi connectivity index (χ3n) is 5.17. The van der Waals surface area contributed by atoms with E-state index in [1.165, 1.54) is 0 Å². The molecular formula is C17H26N4O3. The summed E-state index contributed by atoms with van der Waals surface area (Å²) in [4.78, 5) is 35.8. The summed E-state index contributed by atoms with van der Waals surface area (Å²) in [5.41, 5.74) is 0.899. The van der Waals surface area contributed by atoms with Gasteiger partial charge in [-0.05, 0) is 26.2 Å². The molecule has 2 saturated heterocycles. The van der Waals surface area contributed by atoms with Gasteiger partial charge in [-0.15, -0.1) is 0 Å². The normalized spacial score (nSPS) is 24.7. The average Bonchev–Trinajstić information content (AvgIpc) is 3.02. The number of amides is 2. The van der Waals surface area contributed by atoms with Crippen molar-refractivity contribution < 1.29 is 14.3 Å². The van der Waals surface area contributed by atoms with Gasteiger partial charge >= 0.3 is 0 Å². The van der Waals surface area contributed by atoms with Gasteiger partial charge in [-0.2, -0.15) is 0 Å². The molecule has 1 aromatic rings. The standard InChI is InChI=1S/C17H26N4O3/c1-13-10-18-15(19-13)16(23)21-7-3-5-17(12-21)6-4-14(22)20(11-17)8-9-24-2/h10H,3-9,11-12H2,1-2H3,(H,18,19). The summed E-state index contributed by atoms with van der Waals surface area (Å²) < 4.78 is 5.12. The molecule has 1 aromatic heterocycles. The number of methoxy groups -OCH3 is 1. The summed E-state index contributed by atoms with van der Waals surface area (Å²) in [7, 11) is 1.65. The summed E-state index contributed by atoms with van der Waals surface area (Å²) in [6, 6.07) is 0. The van der Waals surface area contributed by atoms with E-state index in [4.69, 9.17) is 4.74 Å². The molecule has 24 heavy (non-hydrogen) atoms. The summed E-state index contributed by atoms with van der Waals surface area (Å²) in [6.45, 7) is 5.24. The van der Waals surface area contributed by atoms with Crippen LogP contribution in [0.5, 0.6) is 0 Å². The third-order valence-corrected chi connectivity index (χ3v) is 5.17. The zero-order valence-electron chi connectivity index (χ0n) is 14.5. The van der Waals surface area contributed by atoms with Crippen molar-refractivity contribution in [2.75, 3.05) is 39.9 Å². The average molecular weight is 334 g/mol. The number of carbonyl (C=O) groups is 2.